The molecule has 0 amide bonds. The molecule has 122 valence electrons. The lowest BCUT2D eigenvalue weighted by Crippen LogP contribution is -2.68. The van der Waals surface area contributed by atoms with Crippen LogP contribution in [0.25, 0.3) is 0 Å². The average Bonchev–Trinajstić information content (AvgIpc) is 3.12. The minimum atomic E-state index is -2.24. The summed E-state index contributed by atoms with van der Waals surface area (Å²) in [7, 11) is -2.24. The Labute approximate surface area is 151 Å². The van der Waals surface area contributed by atoms with Gasteiger partial charge in [-0.15, -0.1) is 0 Å². The Morgan fingerprint density at radius 2 is 1.00 bits per heavy atom. The van der Waals surface area contributed by atoms with Crippen molar-refractivity contribution in [2.24, 2.45) is 0 Å². The molecule has 0 spiro atoms. The Morgan fingerprint density at radius 1 is 0.600 bits per heavy atom. The summed E-state index contributed by atoms with van der Waals surface area (Å²) >= 11 is 0. The third-order valence-electron chi connectivity index (χ3n) is 5.24. The molecule has 0 nitrogen and oxygen atoms in total. The maximum Gasteiger partial charge on any atom is 0.176 e. The van der Waals surface area contributed by atoms with Crippen LogP contribution in [-0.4, -0.2) is 8.07 Å². The van der Waals surface area contributed by atoms with Crippen LogP contribution in [0.3, 0.4) is 0 Å². The van der Waals surface area contributed by atoms with E-state index < -0.39 is 8.07 Å². The monoisotopic (exact) mass is 338 g/mol. The van der Waals surface area contributed by atoms with Gasteiger partial charge in [-0.25, -0.2) is 0 Å². The first-order valence-corrected chi connectivity index (χ1v) is 10.9. The van der Waals surface area contributed by atoms with Gasteiger partial charge in [0.15, 0.2) is 8.07 Å². The van der Waals surface area contributed by atoms with E-state index in [-0.39, 0.29) is 0 Å². The van der Waals surface area contributed by atoms with Gasteiger partial charge < -0.3 is 0 Å². The third-order valence-corrected chi connectivity index (χ3v) is 10.3. The van der Waals surface area contributed by atoms with Crippen molar-refractivity contribution in [3.8, 4) is 0 Å². The molecule has 25 heavy (non-hydrogen) atoms. The summed E-state index contributed by atoms with van der Waals surface area (Å²) in [6, 6.07) is 33.4. The van der Waals surface area contributed by atoms with E-state index in [1.807, 2.05) is 0 Å². The first kappa shape index (κ1) is 15.9. The fraction of sp³-hybridized carbons (Fsp3) is 0.0833. The van der Waals surface area contributed by atoms with E-state index in [0.717, 1.165) is 6.42 Å². The molecule has 0 aliphatic heterocycles. The second kappa shape index (κ2) is 6.70. The molecular formula is C24H22Si. The molecule has 0 unspecified atom stereocenters. The smallest absolute Gasteiger partial charge is 0.0806 e. The van der Waals surface area contributed by atoms with Crippen LogP contribution in [0.2, 0.25) is 0 Å². The molecule has 1 heteroatoms. The highest BCUT2D eigenvalue weighted by molar-refractivity contribution is 7.16. The lowest BCUT2D eigenvalue weighted by atomic mass is 10.3. The lowest BCUT2D eigenvalue weighted by Gasteiger charge is -2.36. The van der Waals surface area contributed by atoms with Gasteiger partial charge in [0.1, 0.15) is 0 Å². The van der Waals surface area contributed by atoms with Crippen molar-refractivity contribution in [1.82, 2.24) is 0 Å². The normalized spacial score (nSPS) is 14.1. The molecule has 4 rings (SSSR count). The molecule has 1 aliphatic rings. The van der Waals surface area contributed by atoms with E-state index in [4.69, 9.17) is 0 Å². The Morgan fingerprint density at radius 3 is 1.32 bits per heavy atom. The van der Waals surface area contributed by atoms with E-state index in [0.29, 0.717) is 0 Å². The van der Waals surface area contributed by atoms with Gasteiger partial charge in [0.25, 0.3) is 0 Å². The van der Waals surface area contributed by atoms with Gasteiger partial charge in [-0.2, -0.15) is 0 Å². The zero-order chi connectivity index (χ0) is 17.1. The maximum atomic E-state index is 2.32. The van der Waals surface area contributed by atoms with Gasteiger partial charge in [-0.05, 0) is 28.9 Å². The molecular weight excluding hydrogens is 316 g/mol. The largest absolute Gasteiger partial charge is 0.176 e. The molecule has 0 radical (unpaired) electrons. The Balaban J connectivity index is 2.11. The van der Waals surface area contributed by atoms with Gasteiger partial charge >= 0.3 is 0 Å². The minimum Gasteiger partial charge on any atom is -0.0806 e. The first-order valence-electron chi connectivity index (χ1n) is 8.87. The maximum absolute atomic E-state index is 2.32. The highest BCUT2D eigenvalue weighted by Crippen LogP contribution is 2.28. The number of benzene rings is 3. The highest BCUT2D eigenvalue weighted by atomic mass is 28.3. The standard InChI is InChI=1S/C24H22Si/c1-20-12-11-19-24(20)25(21-13-5-2-6-14-21,22-15-7-3-8-16-22)23-17-9-4-10-18-23/h2-18H,19H2,1H3. The SMILES string of the molecule is CC1=C([Si](c2ccccc2)(c2ccccc2)c2ccccc2)CC=C1. The third kappa shape index (κ3) is 2.61. The molecule has 0 heterocycles. The zero-order valence-electron chi connectivity index (χ0n) is 14.5. The van der Waals surface area contributed by atoms with Crippen molar-refractivity contribution < 1.29 is 0 Å². The second-order valence-corrected chi connectivity index (χ2v) is 10.5. The van der Waals surface area contributed by atoms with Gasteiger partial charge in [-0.3, -0.25) is 0 Å². The first-order chi connectivity index (χ1) is 12.3. The second-order valence-electron chi connectivity index (χ2n) is 6.62. The summed E-state index contributed by atoms with van der Waals surface area (Å²) in [6.45, 7) is 2.27. The van der Waals surface area contributed by atoms with Crippen LogP contribution in [-0.2, 0) is 0 Å². The predicted molar refractivity (Wildman–Crippen MR) is 110 cm³/mol. The van der Waals surface area contributed by atoms with Crippen molar-refractivity contribution in [3.05, 3.63) is 114 Å². The van der Waals surface area contributed by atoms with E-state index in [2.05, 4.69) is 110 Å². The summed E-state index contributed by atoms with van der Waals surface area (Å²) in [4.78, 5) is 0. The van der Waals surface area contributed by atoms with Gasteiger partial charge in [0.05, 0.1) is 0 Å². The van der Waals surface area contributed by atoms with Crippen LogP contribution in [0.15, 0.2) is 114 Å². The quantitative estimate of drug-likeness (QED) is 0.499. The van der Waals surface area contributed by atoms with E-state index in [1.54, 1.807) is 5.20 Å². The van der Waals surface area contributed by atoms with Crippen LogP contribution in [0.1, 0.15) is 13.3 Å². The molecule has 3 aromatic rings. The summed E-state index contributed by atoms with van der Waals surface area (Å²) in [5.41, 5.74) is 1.43. The van der Waals surface area contributed by atoms with Gasteiger partial charge in [-0.1, -0.05) is 114 Å². The number of hydrogen-bond donors (Lipinski definition) is 0. The molecule has 3 aromatic carbocycles. The van der Waals surface area contributed by atoms with E-state index >= 15 is 0 Å². The highest BCUT2D eigenvalue weighted by Gasteiger charge is 2.43. The summed E-state index contributed by atoms with van der Waals surface area (Å²) in [5, 5.41) is 6.00. The number of hydrogen-bond acceptors (Lipinski definition) is 0. The molecule has 0 fully saturated rings. The Hall–Kier alpha value is -2.64. The van der Waals surface area contributed by atoms with Crippen LogP contribution in [0, 0.1) is 0 Å². The minimum absolute atomic E-state index is 1.05. The van der Waals surface area contributed by atoms with Crippen molar-refractivity contribution >= 4 is 23.6 Å². The zero-order valence-corrected chi connectivity index (χ0v) is 15.5. The molecule has 0 bridgehead atoms. The van der Waals surface area contributed by atoms with Crippen molar-refractivity contribution in [1.29, 1.82) is 0 Å². The molecule has 0 aromatic heterocycles. The van der Waals surface area contributed by atoms with Crippen LogP contribution in [0.5, 0.6) is 0 Å². The van der Waals surface area contributed by atoms with Crippen molar-refractivity contribution in [2.75, 3.05) is 0 Å². The molecule has 0 N–H and O–H groups in total. The van der Waals surface area contributed by atoms with Gasteiger partial charge in [0.2, 0.25) is 0 Å². The predicted octanol–water partition coefficient (Wildman–Crippen LogP) is 3.97. The lowest BCUT2D eigenvalue weighted by molar-refractivity contribution is 1.34. The average molecular weight is 339 g/mol. The van der Waals surface area contributed by atoms with Crippen LogP contribution < -0.4 is 15.6 Å². The molecule has 0 saturated heterocycles. The van der Waals surface area contributed by atoms with Crippen molar-refractivity contribution in [2.45, 2.75) is 13.3 Å². The number of rotatable bonds is 4. The Bertz CT molecular complexity index is 809. The topological polar surface area (TPSA) is 0 Å². The summed E-state index contributed by atoms with van der Waals surface area (Å²) in [6.07, 6.45) is 5.67. The van der Waals surface area contributed by atoms with Crippen LogP contribution >= 0.6 is 0 Å². The number of allylic oxidation sites excluding steroid dienone is 4. The molecule has 0 atom stereocenters. The van der Waals surface area contributed by atoms with Gasteiger partial charge in [0, 0.05) is 0 Å². The van der Waals surface area contributed by atoms with Crippen LogP contribution in [0.4, 0.5) is 0 Å². The van der Waals surface area contributed by atoms with E-state index in [9.17, 15) is 0 Å². The summed E-state index contributed by atoms with van der Waals surface area (Å²) < 4.78 is 0. The van der Waals surface area contributed by atoms with Crippen molar-refractivity contribution in [3.63, 3.8) is 0 Å². The van der Waals surface area contributed by atoms with E-state index in [1.165, 1.54) is 21.1 Å². The fourth-order valence-electron chi connectivity index (χ4n) is 4.15. The molecule has 1 aliphatic carbocycles. The fourth-order valence-corrected chi connectivity index (χ4v) is 9.37. The summed E-state index contributed by atoms with van der Waals surface area (Å²) in [5.74, 6) is 0. The Kier molecular flexibility index (Phi) is 4.25. The molecule has 0 saturated carbocycles.